The maximum Gasteiger partial charge on any atom is 0.189 e. The Morgan fingerprint density at radius 2 is 1.10 bits per heavy atom. The Bertz CT molecular complexity index is 3590. The Balaban J connectivity index is 0.822. The highest BCUT2D eigenvalue weighted by atomic mass is 32.2. The standard InChI is InChI=1S/C56H60N10O10S2/c1-33(19-22-67)77(69,70)43-15-11-39(12-16-43)47-30-61-55(57)53(62-47)49-26-45(65-75-49)37-9-5-36(6-10-37)29-60-42-25-48(74-32-42)52-51(40-13-17-44(18-14-40)78(71,72)34(2)20-23-68)63-54(56(58)64-52)50-27-46(66-76-50)38-7-3-35(4-8-38)28-59-41-21-24-73-31-41/h3-18,26-27,30,33-34,41-42,48,59-60,67-68H,19-25,28-29,31-32H2,1-2H3,(H2,57,61)(H2,58,64). The van der Waals surface area contributed by atoms with E-state index in [1.807, 2.05) is 48.5 Å². The number of nitrogen functional groups attached to an aromatic ring is 2. The fourth-order valence-corrected chi connectivity index (χ4v) is 12.2. The van der Waals surface area contributed by atoms with Crippen molar-refractivity contribution in [1.29, 1.82) is 0 Å². The van der Waals surface area contributed by atoms with Gasteiger partial charge in [0.1, 0.15) is 17.5 Å². The SMILES string of the molecule is CC(CCO)S(=O)(=O)c1ccc(-c2cnc(N)c(-c3cc(-c4ccc(CNC5COC(c6nc(N)c(-c7cc(-c8ccc(CNC9CCOC9)cc8)no7)nc6-c6ccc(S(=O)(=O)C(C)CCO)cc6)C5)cc4)no3)n2)cc1. The third-order valence-corrected chi connectivity index (χ3v) is 18.7. The Labute approximate surface area is 451 Å². The lowest BCUT2D eigenvalue weighted by Gasteiger charge is -2.17. The third-order valence-electron chi connectivity index (χ3n) is 14.2. The summed E-state index contributed by atoms with van der Waals surface area (Å²) in [5.74, 6) is 0.850. The van der Waals surface area contributed by atoms with Crippen molar-refractivity contribution < 1.29 is 45.6 Å². The van der Waals surface area contributed by atoms with Gasteiger partial charge < -0.3 is 50.8 Å². The monoisotopic (exact) mass is 1100 g/mol. The molecule has 4 aromatic heterocycles. The Morgan fingerprint density at radius 3 is 1.63 bits per heavy atom. The second kappa shape index (κ2) is 23.4. The first kappa shape index (κ1) is 54.1. The van der Waals surface area contributed by atoms with Crippen LogP contribution < -0.4 is 22.1 Å². The molecule has 2 saturated heterocycles. The zero-order valence-corrected chi connectivity index (χ0v) is 44.6. The van der Waals surface area contributed by atoms with Gasteiger partial charge in [0.05, 0.1) is 56.8 Å². The van der Waals surface area contributed by atoms with Gasteiger partial charge in [-0.25, -0.2) is 36.8 Å². The maximum absolute atomic E-state index is 13.4. The fourth-order valence-electron chi connectivity index (χ4n) is 9.37. The molecule has 78 heavy (non-hydrogen) atoms. The molecule has 0 spiro atoms. The highest BCUT2D eigenvalue weighted by Crippen LogP contribution is 2.39. The van der Waals surface area contributed by atoms with E-state index in [2.05, 4.69) is 25.9 Å². The molecule has 0 radical (unpaired) electrons. The molecule has 5 unspecified atom stereocenters. The number of nitrogens with one attached hydrogen (secondary N) is 2. The fraction of sp³-hybridized carbons (Fsp3) is 0.321. The van der Waals surface area contributed by atoms with E-state index in [1.165, 1.54) is 30.5 Å². The molecule has 10 rings (SSSR count). The highest BCUT2D eigenvalue weighted by molar-refractivity contribution is 7.92. The third kappa shape index (κ3) is 11.8. The first-order valence-electron chi connectivity index (χ1n) is 25.7. The zero-order valence-electron chi connectivity index (χ0n) is 42.9. The van der Waals surface area contributed by atoms with E-state index >= 15 is 0 Å². The smallest absolute Gasteiger partial charge is 0.189 e. The predicted molar refractivity (Wildman–Crippen MR) is 292 cm³/mol. The minimum Gasteiger partial charge on any atom is -0.396 e. The summed E-state index contributed by atoms with van der Waals surface area (Å²) in [4.78, 5) is 19.2. The van der Waals surface area contributed by atoms with Gasteiger partial charge in [0.15, 0.2) is 54.2 Å². The van der Waals surface area contributed by atoms with Crippen molar-refractivity contribution in [3.05, 3.63) is 132 Å². The van der Waals surface area contributed by atoms with Gasteiger partial charge in [-0.3, -0.25) is 0 Å². The lowest BCUT2D eigenvalue weighted by atomic mass is 10.0. The number of aromatic nitrogens is 6. The summed E-state index contributed by atoms with van der Waals surface area (Å²) in [5.41, 5.74) is 21.0. The Morgan fingerprint density at radius 1 is 0.603 bits per heavy atom. The van der Waals surface area contributed by atoms with E-state index < -0.39 is 36.3 Å². The molecule has 0 bridgehead atoms. The molecule has 8 N–H and O–H groups in total. The molecule has 5 atom stereocenters. The Hall–Kier alpha value is -7.28. The molecule has 4 aromatic carbocycles. The molecule has 22 heteroatoms. The molecule has 2 fully saturated rings. The van der Waals surface area contributed by atoms with E-state index in [4.69, 9.17) is 44.9 Å². The lowest BCUT2D eigenvalue weighted by Crippen LogP contribution is -2.28. The molecule has 8 aromatic rings. The number of benzene rings is 4. The number of aliphatic hydroxyl groups excluding tert-OH is 2. The van der Waals surface area contributed by atoms with Crippen LogP contribution in [0.4, 0.5) is 11.6 Å². The normalized spacial score (nSPS) is 17.6. The average Bonchev–Trinajstić information content (AvgIpc) is 4.38. The van der Waals surface area contributed by atoms with Gasteiger partial charge in [-0.2, -0.15) is 0 Å². The van der Waals surface area contributed by atoms with E-state index in [9.17, 15) is 27.0 Å². The van der Waals surface area contributed by atoms with Gasteiger partial charge in [0.25, 0.3) is 0 Å². The van der Waals surface area contributed by atoms with Crippen LogP contribution in [0.2, 0.25) is 0 Å². The number of nitrogens with zero attached hydrogens (tertiary/aromatic N) is 6. The van der Waals surface area contributed by atoms with E-state index in [0.29, 0.717) is 83.3 Å². The van der Waals surface area contributed by atoms with Gasteiger partial charge in [0, 0.05) is 79.4 Å². The highest BCUT2D eigenvalue weighted by Gasteiger charge is 2.33. The van der Waals surface area contributed by atoms with Crippen LogP contribution in [-0.2, 0) is 42.2 Å². The first-order chi connectivity index (χ1) is 37.7. The van der Waals surface area contributed by atoms with E-state index in [1.54, 1.807) is 50.2 Å². The number of hydrogen-bond acceptors (Lipinski definition) is 20. The topological polar surface area (TPSA) is 307 Å². The van der Waals surface area contributed by atoms with Crippen molar-refractivity contribution in [2.45, 2.75) is 91.1 Å². The van der Waals surface area contributed by atoms with Crippen molar-refractivity contribution >= 4 is 31.3 Å². The summed E-state index contributed by atoms with van der Waals surface area (Å²) >= 11 is 0. The molecule has 2 aliphatic rings. The van der Waals surface area contributed by atoms with Crippen LogP contribution >= 0.6 is 0 Å². The van der Waals surface area contributed by atoms with Crippen LogP contribution in [0.1, 0.15) is 62.5 Å². The molecule has 406 valence electrons. The summed E-state index contributed by atoms with van der Waals surface area (Å²) in [6, 6.07) is 32.4. The number of rotatable bonds is 21. The summed E-state index contributed by atoms with van der Waals surface area (Å²) in [6.45, 7) is 5.77. The molecule has 0 aliphatic carbocycles. The summed E-state index contributed by atoms with van der Waals surface area (Å²) < 4.78 is 76.0. The number of hydrogen-bond donors (Lipinski definition) is 6. The van der Waals surface area contributed by atoms with Crippen LogP contribution in [-0.4, -0.2) is 113 Å². The van der Waals surface area contributed by atoms with E-state index in [-0.39, 0.29) is 64.9 Å². The number of aliphatic hydroxyl groups is 2. The number of ether oxygens (including phenoxy) is 2. The van der Waals surface area contributed by atoms with Gasteiger partial charge in [-0.15, -0.1) is 0 Å². The van der Waals surface area contributed by atoms with Crippen LogP contribution in [0.15, 0.2) is 134 Å². The minimum absolute atomic E-state index is 0.0755. The number of nitrogens with two attached hydrogens (primary N) is 2. The van der Waals surface area contributed by atoms with Crippen molar-refractivity contribution in [1.82, 2.24) is 40.9 Å². The summed E-state index contributed by atoms with van der Waals surface area (Å²) in [7, 11) is -7.33. The number of anilines is 2. The molecule has 0 amide bonds. The quantitative estimate of drug-likeness (QED) is 0.0422. The van der Waals surface area contributed by atoms with E-state index in [0.717, 1.165) is 41.8 Å². The van der Waals surface area contributed by atoms with Crippen molar-refractivity contribution in [2.24, 2.45) is 0 Å². The van der Waals surface area contributed by atoms with Crippen molar-refractivity contribution in [3.63, 3.8) is 0 Å². The molecule has 0 saturated carbocycles. The molecule has 20 nitrogen and oxygen atoms in total. The maximum atomic E-state index is 13.4. The van der Waals surface area contributed by atoms with Gasteiger partial charge >= 0.3 is 0 Å². The van der Waals surface area contributed by atoms with Crippen LogP contribution in [0, 0.1) is 0 Å². The van der Waals surface area contributed by atoms with Crippen LogP contribution in [0.5, 0.6) is 0 Å². The van der Waals surface area contributed by atoms with Gasteiger partial charge in [-0.05, 0) is 74.9 Å². The van der Waals surface area contributed by atoms with Crippen LogP contribution in [0.3, 0.4) is 0 Å². The number of sulfone groups is 2. The summed E-state index contributed by atoms with van der Waals surface area (Å²) in [6.07, 6.45) is 2.75. The van der Waals surface area contributed by atoms with Crippen LogP contribution in [0.25, 0.3) is 67.9 Å². The zero-order chi connectivity index (χ0) is 54.6. The predicted octanol–water partition coefficient (Wildman–Crippen LogP) is 7.00. The van der Waals surface area contributed by atoms with Gasteiger partial charge in [0.2, 0.25) is 0 Å². The second-order valence-electron chi connectivity index (χ2n) is 19.6. The lowest BCUT2D eigenvalue weighted by molar-refractivity contribution is 0.106. The van der Waals surface area contributed by atoms with Crippen molar-refractivity contribution in [3.8, 4) is 67.9 Å². The molecular formula is C56H60N10O10S2. The first-order valence-corrected chi connectivity index (χ1v) is 28.8. The van der Waals surface area contributed by atoms with Crippen molar-refractivity contribution in [2.75, 3.05) is 44.5 Å². The molecular weight excluding hydrogens is 1040 g/mol. The second-order valence-corrected chi connectivity index (χ2v) is 24.3. The average molecular weight is 1100 g/mol. The Kier molecular flexibility index (Phi) is 16.2. The van der Waals surface area contributed by atoms with Gasteiger partial charge in [-0.1, -0.05) is 83.1 Å². The largest absolute Gasteiger partial charge is 0.396 e. The minimum atomic E-state index is -3.71. The molecule has 2 aliphatic heterocycles. The molecule has 6 heterocycles. The summed E-state index contributed by atoms with van der Waals surface area (Å²) in [5, 5.41) is 33.0.